The third-order valence-corrected chi connectivity index (χ3v) is 6.36. The lowest BCUT2D eigenvalue weighted by Gasteiger charge is -2.10. The molecule has 0 unspecified atom stereocenters. The van der Waals surface area contributed by atoms with Gasteiger partial charge in [0, 0.05) is 11.1 Å². The highest BCUT2D eigenvalue weighted by Gasteiger charge is 2.21. The molecule has 0 radical (unpaired) electrons. The second-order valence-electron chi connectivity index (χ2n) is 5.53. The molecule has 0 aliphatic heterocycles. The van der Waals surface area contributed by atoms with E-state index in [1.165, 1.54) is 7.11 Å². The standard InChI is InChI=1S/C17H14ClN3O5S2/c1-26-10-3-2-7(18)4-8(10)20-12(24)6-27-17-13(16(19)25)14-15(28-17)9(22)5-11(23)21-14/h2-5H,6H2,1H3,(H2,19,25)(H,20,24)(H2,21,22,23). The molecule has 0 aliphatic rings. The van der Waals surface area contributed by atoms with E-state index in [1.54, 1.807) is 18.2 Å². The van der Waals surface area contributed by atoms with Crippen molar-refractivity contribution in [1.82, 2.24) is 4.98 Å². The minimum Gasteiger partial charge on any atom is -0.506 e. The van der Waals surface area contributed by atoms with E-state index in [9.17, 15) is 19.5 Å². The molecule has 1 aromatic carbocycles. The van der Waals surface area contributed by atoms with Crippen molar-refractivity contribution in [2.45, 2.75) is 4.21 Å². The summed E-state index contributed by atoms with van der Waals surface area (Å²) in [6, 6.07) is 5.83. The molecule has 2 aromatic heterocycles. The summed E-state index contributed by atoms with van der Waals surface area (Å²) in [7, 11) is 1.47. The smallest absolute Gasteiger partial charge is 0.252 e. The fourth-order valence-electron chi connectivity index (χ4n) is 2.48. The Labute approximate surface area is 171 Å². The first-order valence-electron chi connectivity index (χ1n) is 7.75. The highest BCUT2D eigenvalue weighted by molar-refractivity contribution is 8.02. The van der Waals surface area contributed by atoms with Gasteiger partial charge in [-0.15, -0.1) is 23.1 Å². The summed E-state index contributed by atoms with van der Waals surface area (Å²) >= 11 is 8.07. The van der Waals surface area contributed by atoms with Crippen LogP contribution in [0.5, 0.6) is 11.5 Å². The molecule has 2 heterocycles. The third-order valence-electron chi connectivity index (χ3n) is 3.64. The van der Waals surface area contributed by atoms with Crippen LogP contribution in [-0.4, -0.2) is 34.8 Å². The molecule has 28 heavy (non-hydrogen) atoms. The number of hydrogen-bond acceptors (Lipinski definition) is 7. The van der Waals surface area contributed by atoms with Crippen LogP contribution in [0.3, 0.4) is 0 Å². The van der Waals surface area contributed by atoms with E-state index < -0.39 is 11.5 Å². The number of halogens is 1. The molecule has 0 aliphatic carbocycles. The number of anilines is 1. The van der Waals surface area contributed by atoms with E-state index >= 15 is 0 Å². The number of pyridine rings is 1. The van der Waals surface area contributed by atoms with Crippen molar-refractivity contribution in [3.8, 4) is 11.5 Å². The van der Waals surface area contributed by atoms with Gasteiger partial charge in [0.25, 0.3) is 11.5 Å². The van der Waals surface area contributed by atoms with Crippen LogP contribution in [0.2, 0.25) is 5.02 Å². The molecule has 0 saturated carbocycles. The van der Waals surface area contributed by atoms with Crippen LogP contribution in [0.4, 0.5) is 5.69 Å². The molecule has 0 spiro atoms. The number of thiophene rings is 1. The largest absolute Gasteiger partial charge is 0.506 e. The highest BCUT2D eigenvalue weighted by Crippen LogP contribution is 2.40. The highest BCUT2D eigenvalue weighted by atomic mass is 35.5. The van der Waals surface area contributed by atoms with Crippen LogP contribution in [0.1, 0.15) is 10.4 Å². The van der Waals surface area contributed by atoms with E-state index in [0.29, 0.717) is 25.4 Å². The van der Waals surface area contributed by atoms with E-state index in [2.05, 4.69) is 10.3 Å². The van der Waals surface area contributed by atoms with Crippen molar-refractivity contribution < 1.29 is 19.4 Å². The number of amides is 2. The maximum Gasteiger partial charge on any atom is 0.252 e. The first kappa shape index (κ1) is 20.1. The molecule has 146 valence electrons. The SMILES string of the molecule is COc1ccc(Cl)cc1NC(=O)CSc1sc2c(O)cc(=O)[nH]c2c1C(N)=O. The van der Waals surface area contributed by atoms with Gasteiger partial charge in [-0.2, -0.15) is 0 Å². The van der Waals surface area contributed by atoms with Crippen LogP contribution in [-0.2, 0) is 4.79 Å². The quantitative estimate of drug-likeness (QED) is 0.436. The number of H-pyrrole nitrogens is 1. The van der Waals surface area contributed by atoms with Gasteiger partial charge in [0.2, 0.25) is 5.91 Å². The lowest BCUT2D eigenvalue weighted by molar-refractivity contribution is -0.113. The minimum atomic E-state index is -0.771. The van der Waals surface area contributed by atoms with Crippen molar-refractivity contribution in [1.29, 1.82) is 0 Å². The van der Waals surface area contributed by atoms with E-state index in [1.807, 2.05) is 0 Å². The first-order valence-corrected chi connectivity index (χ1v) is 9.93. The number of ether oxygens (including phenoxy) is 1. The van der Waals surface area contributed by atoms with Gasteiger partial charge < -0.3 is 25.9 Å². The number of primary amides is 1. The molecule has 11 heteroatoms. The zero-order chi connectivity index (χ0) is 20.4. The Morgan fingerprint density at radius 1 is 1.39 bits per heavy atom. The van der Waals surface area contributed by atoms with E-state index in [-0.39, 0.29) is 28.5 Å². The Hall–Kier alpha value is -2.69. The third kappa shape index (κ3) is 4.08. The summed E-state index contributed by atoms with van der Waals surface area (Å²) < 4.78 is 5.90. The second-order valence-corrected chi connectivity index (χ2v) is 8.23. The predicted molar refractivity (Wildman–Crippen MR) is 110 cm³/mol. The summed E-state index contributed by atoms with van der Waals surface area (Å²) in [5, 5.41) is 13.1. The lowest BCUT2D eigenvalue weighted by Crippen LogP contribution is -2.16. The van der Waals surface area contributed by atoms with Crippen molar-refractivity contribution in [2.75, 3.05) is 18.2 Å². The molecule has 0 bridgehead atoms. The van der Waals surface area contributed by atoms with Gasteiger partial charge in [-0.05, 0) is 18.2 Å². The molecular formula is C17H14ClN3O5S2. The minimum absolute atomic E-state index is 0.0479. The molecule has 0 atom stereocenters. The van der Waals surface area contributed by atoms with Gasteiger partial charge >= 0.3 is 0 Å². The number of nitrogens with two attached hydrogens (primary N) is 1. The first-order chi connectivity index (χ1) is 13.3. The number of nitrogens with one attached hydrogen (secondary N) is 2. The van der Waals surface area contributed by atoms with E-state index in [4.69, 9.17) is 22.1 Å². The number of hydrogen-bond donors (Lipinski definition) is 4. The van der Waals surface area contributed by atoms with Gasteiger partial charge in [-0.3, -0.25) is 14.4 Å². The molecule has 3 aromatic rings. The number of rotatable bonds is 6. The van der Waals surface area contributed by atoms with Gasteiger partial charge in [0.1, 0.15) is 11.5 Å². The number of methoxy groups -OCH3 is 1. The maximum absolute atomic E-state index is 12.3. The van der Waals surface area contributed by atoms with Gasteiger partial charge in [0.05, 0.1) is 38.5 Å². The number of fused-ring (bicyclic) bond motifs is 1. The molecular weight excluding hydrogens is 426 g/mol. The number of aromatic hydroxyl groups is 1. The molecule has 8 nitrogen and oxygen atoms in total. The molecule has 2 amide bonds. The topological polar surface area (TPSA) is 135 Å². The molecule has 5 N–H and O–H groups in total. The summed E-state index contributed by atoms with van der Waals surface area (Å²) in [6.45, 7) is 0. The number of aromatic amines is 1. The van der Waals surface area contributed by atoms with Crippen LogP contribution in [0.25, 0.3) is 10.2 Å². The number of thioether (sulfide) groups is 1. The van der Waals surface area contributed by atoms with Crippen molar-refractivity contribution in [2.24, 2.45) is 5.73 Å². The van der Waals surface area contributed by atoms with Gasteiger partial charge in [0.15, 0.2) is 0 Å². The summed E-state index contributed by atoms with van der Waals surface area (Å²) in [5.41, 5.74) is 5.49. The number of benzene rings is 1. The van der Waals surface area contributed by atoms with Crippen molar-refractivity contribution in [3.63, 3.8) is 0 Å². The normalized spacial score (nSPS) is 10.8. The number of aromatic nitrogens is 1. The number of carbonyl (C=O) groups is 2. The second kappa shape index (κ2) is 8.13. The molecule has 0 saturated heterocycles. The average Bonchev–Trinajstić information content (AvgIpc) is 2.99. The Bertz CT molecular complexity index is 1140. The Kier molecular flexibility index (Phi) is 5.82. The predicted octanol–water partition coefficient (Wildman–Crippen LogP) is 2.79. The van der Waals surface area contributed by atoms with Crippen molar-refractivity contribution >= 4 is 62.4 Å². The Morgan fingerprint density at radius 3 is 2.82 bits per heavy atom. The fraction of sp³-hybridized carbons (Fsp3) is 0.118. The summed E-state index contributed by atoms with van der Waals surface area (Å²) in [4.78, 5) is 38.3. The molecule has 3 rings (SSSR count). The average molecular weight is 440 g/mol. The van der Waals surface area contributed by atoms with Gasteiger partial charge in [-0.25, -0.2) is 0 Å². The zero-order valence-corrected chi connectivity index (χ0v) is 16.8. The lowest BCUT2D eigenvalue weighted by atomic mass is 10.2. The monoisotopic (exact) mass is 439 g/mol. The summed E-state index contributed by atoms with van der Waals surface area (Å²) in [6.07, 6.45) is 0. The van der Waals surface area contributed by atoms with Gasteiger partial charge in [-0.1, -0.05) is 11.6 Å². The fourth-order valence-corrected chi connectivity index (χ4v) is 4.90. The zero-order valence-electron chi connectivity index (χ0n) is 14.4. The van der Waals surface area contributed by atoms with Crippen LogP contribution < -0.4 is 21.3 Å². The van der Waals surface area contributed by atoms with Crippen LogP contribution >= 0.6 is 34.7 Å². The maximum atomic E-state index is 12.3. The van der Waals surface area contributed by atoms with Crippen molar-refractivity contribution in [3.05, 3.63) is 45.2 Å². The van der Waals surface area contributed by atoms with Crippen LogP contribution in [0.15, 0.2) is 33.3 Å². The number of carbonyl (C=O) groups excluding carboxylic acids is 2. The Balaban J connectivity index is 1.84. The van der Waals surface area contributed by atoms with E-state index in [0.717, 1.165) is 29.2 Å². The molecule has 0 fully saturated rings. The van der Waals surface area contributed by atoms with Crippen LogP contribution in [0, 0.1) is 0 Å². The Morgan fingerprint density at radius 2 is 2.14 bits per heavy atom. The summed E-state index contributed by atoms with van der Waals surface area (Å²) in [5.74, 6) is -0.993.